The maximum atomic E-state index is 11.6. The zero-order valence-corrected chi connectivity index (χ0v) is 15.5. The molecule has 0 aliphatic carbocycles. The first kappa shape index (κ1) is 18.1. The summed E-state index contributed by atoms with van der Waals surface area (Å²) in [7, 11) is 1.36. The Morgan fingerprint density at radius 1 is 1.36 bits per heavy atom. The average Bonchev–Trinajstić information content (AvgIpc) is 2.67. The molecular formula is C18H29N5O2. The number of anilines is 1. The van der Waals surface area contributed by atoms with Crippen LogP contribution in [0, 0.1) is 6.92 Å². The van der Waals surface area contributed by atoms with Crippen molar-refractivity contribution >= 4 is 11.8 Å². The molecule has 7 heteroatoms. The number of esters is 1. The van der Waals surface area contributed by atoms with Crippen molar-refractivity contribution < 1.29 is 9.53 Å². The Morgan fingerprint density at radius 2 is 2.12 bits per heavy atom. The van der Waals surface area contributed by atoms with Crippen LogP contribution < -0.4 is 10.2 Å². The topological polar surface area (TPSA) is 70.6 Å². The smallest absolute Gasteiger partial charge is 0.358 e. The highest BCUT2D eigenvalue weighted by atomic mass is 16.5. The number of aromatic nitrogens is 2. The maximum Gasteiger partial charge on any atom is 0.358 e. The maximum absolute atomic E-state index is 11.6. The van der Waals surface area contributed by atoms with Crippen molar-refractivity contribution in [3.63, 3.8) is 0 Å². The van der Waals surface area contributed by atoms with E-state index in [2.05, 4.69) is 32.0 Å². The predicted molar refractivity (Wildman–Crippen MR) is 97.0 cm³/mol. The molecule has 0 bridgehead atoms. The summed E-state index contributed by atoms with van der Waals surface area (Å²) in [6.07, 6.45) is 5.13. The molecule has 3 rings (SSSR count). The highest BCUT2D eigenvalue weighted by molar-refractivity contribution is 5.87. The van der Waals surface area contributed by atoms with E-state index in [1.54, 1.807) is 0 Å². The number of methoxy groups -OCH3 is 1. The molecule has 138 valence electrons. The van der Waals surface area contributed by atoms with Gasteiger partial charge in [0.05, 0.1) is 19.0 Å². The first-order valence-electron chi connectivity index (χ1n) is 9.27. The Balaban J connectivity index is 1.71. The standard InChI is InChI=1S/C18H29N5O2/c1-4-14-12-22(9-10-23(14)15-5-7-19-8-6-15)17-13(2)21-16(11-20-17)18(24)25-3/h11,14-15,19H,4-10,12H2,1-3H3/t14-/m0/s1. The lowest BCUT2D eigenvalue weighted by molar-refractivity contribution is 0.0593. The van der Waals surface area contributed by atoms with Gasteiger partial charge in [0.2, 0.25) is 0 Å². The number of nitrogens with one attached hydrogen (secondary N) is 1. The third-order valence-electron chi connectivity index (χ3n) is 5.39. The number of carbonyl (C=O) groups is 1. The van der Waals surface area contributed by atoms with Gasteiger partial charge < -0.3 is 15.0 Å². The number of aryl methyl sites for hydroxylation is 1. The van der Waals surface area contributed by atoms with Crippen LogP contribution in [-0.4, -0.2) is 72.8 Å². The number of ether oxygens (including phenoxy) is 1. The molecule has 0 spiro atoms. The molecule has 0 unspecified atom stereocenters. The molecule has 1 aromatic heterocycles. The first-order chi connectivity index (χ1) is 12.1. The number of hydrogen-bond donors (Lipinski definition) is 1. The van der Waals surface area contributed by atoms with Crippen LogP contribution in [0.2, 0.25) is 0 Å². The highest BCUT2D eigenvalue weighted by Gasteiger charge is 2.32. The van der Waals surface area contributed by atoms with Gasteiger partial charge in [-0.2, -0.15) is 0 Å². The quantitative estimate of drug-likeness (QED) is 0.821. The summed E-state index contributed by atoms with van der Waals surface area (Å²) < 4.78 is 4.73. The highest BCUT2D eigenvalue weighted by Crippen LogP contribution is 2.25. The van der Waals surface area contributed by atoms with Crippen molar-refractivity contribution in [1.82, 2.24) is 20.2 Å². The third-order valence-corrected chi connectivity index (χ3v) is 5.39. The molecule has 1 aromatic rings. The monoisotopic (exact) mass is 347 g/mol. The van der Waals surface area contributed by atoms with Gasteiger partial charge in [-0.3, -0.25) is 4.90 Å². The summed E-state index contributed by atoms with van der Waals surface area (Å²) in [4.78, 5) is 25.5. The van der Waals surface area contributed by atoms with E-state index in [9.17, 15) is 4.79 Å². The van der Waals surface area contributed by atoms with E-state index in [1.165, 1.54) is 26.1 Å². The fourth-order valence-electron chi connectivity index (χ4n) is 4.03. The number of piperidine rings is 1. The van der Waals surface area contributed by atoms with E-state index in [0.717, 1.165) is 50.7 Å². The van der Waals surface area contributed by atoms with E-state index >= 15 is 0 Å². The Bertz CT molecular complexity index is 603. The molecule has 3 heterocycles. The Labute approximate surface area is 149 Å². The van der Waals surface area contributed by atoms with E-state index in [1.807, 2.05) is 6.92 Å². The van der Waals surface area contributed by atoms with Crippen molar-refractivity contribution in [1.29, 1.82) is 0 Å². The number of nitrogens with zero attached hydrogens (tertiary/aromatic N) is 4. The van der Waals surface area contributed by atoms with Crippen molar-refractivity contribution in [2.75, 3.05) is 44.7 Å². The van der Waals surface area contributed by atoms with Crippen LogP contribution >= 0.6 is 0 Å². The second kappa shape index (κ2) is 8.10. The van der Waals surface area contributed by atoms with Crippen LogP contribution in [0.25, 0.3) is 0 Å². The zero-order chi connectivity index (χ0) is 17.8. The summed E-state index contributed by atoms with van der Waals surface area (Å²) in [5.74, 6) is 0.445. The van der Waals surface area contributed by atoms with Crippen LogP contribution in [0.3, 0.4) is 0 Å². The summed E-state index contributed by atoms with van der Waals surface area (Å²) in [6.45, 7) is 9.40. The molecule has 2 aliphatic heterocycles. The molecule has 0 amide bonds. The van der Waals surface area contributed by atoms with Gasteiger partial charge in [-0.1, -0.05) is 6.92 Å². The molecule has 25 heavy (non-hydrogen) atoms. The lowest BCUT2D eigenvalue weighted by Crippen LogP contribution is -2.58. The predicted octanol–water partition coefficient (Wildman–Crippen LogP) is 1.22. The largest absolute Gasteiger partial charge is 0.464 e. The van der Waals surface area contributed by atoms with Gasteiger partial charge in [0, 0.05) is 31.7 Å². The van der Waals surface area contributed by atoms with Crippen LogP contribution in [0.5, 0.6) is 0 Å². The van der Waals surface area contributed by atoms with Gasteiger partial charge in [0.25, 0.3) is 0 Å². The Kier molecular flexibility index (Phi) is 5.86. The van der Waals surface area contributed by atoms with Gasteiger partial charge >= 0.3 is 5.97 Å². The number of rotatable bonds is 4. The average molecular weight is 347 g/mol. The molecule has 1 N–H and O–H groups in total. The van der Waals surface area contributed by atoms with Crippen LogP contribution in [0.4, 0.5) is 5.82 Å². The normalized spacial score (nSPS) is 22.8. The van der Waals surface area contributed by atoms with Crippen LogP contribution in [-0.2, 0) is 4.74 Å². The van der Waals surface area contributed by atoms with Gasteiger partial charge in [0.1, 0.15) is 5.82 Å². The third kappa shape index (κ3) is 3.93. The molecule has 2 fully saturated rings. The van der Waals surface area contributed by atoms with Gasteiger partial charge in [0.15, 0.2) is 5.69 Å². The van der Waals surface area contributed by atoms with E-state index in [4.69, 9.17) is 4.74 Å². The van der Waals surface area contributed by atoms with E-state index < -0.39 is 5.97 Å². The summed E-state index contributed by atoms with van der Waals surface area (Å²) in [6, 6.07) is 1.24. The number of carbonyl (C=O) groups excluding carboxylic acids is 1. The fraction of sp³-hybridized carbons (Fsp3) is 0.722. The minimum Gasteiger partial charge on any atom is -0.464 e. The first-order valence-corrected chi connectivity index (χ1v) is 9.27. The lowest BCUT2D eigenvalue weighted by Gasteiger charge is -2.46. The van der Waals surface area contributed by atoms with Gasteiger partial charge in [-0.15, -0.1) is 0 Å². The Hall–Kier alpha value is -1.73. The molecule has 7 nitrogen and oxygen atoms in total. The molecular weight excluding hydrogens is 318 g/mol. The minimum atomic E-state index is -0.440. The zero-order valence-electron chi connectivity index (χ0n) is 15.5. The summed E-state index contributed by atoms with van der Waals surface area (Å²) in [5, 5.41) is 3.45. The molecule has 2 aliphatic rings. The van der Waals surface area contributed by atoms with Gasteiger partial charge in [-0.05, 0) is 39.3 Å². The van der Waals surface area contributed by atoms with Gasteiger partial charge in [-0.25, -0.2) is 14.8 Å². The fourth-order valence-corrected chi connectivity index (χ4v) is 4.03. The number of piperazine rings is 1. The summed E-state index contributed by atoms with van der Waals surface area (Å²) in [5.41, 5.74) is 1.05. The van der Waals surface area contributed by atoms with E-state index in [-0.39, 0.29) is 5.69 Å². The lowest BCUT2D eigenvalue weighted by atomic mass is 9.99. The SMILES string of the molecule is CC[C@H]1CN(c2ncc(C(=O)OC)nc2C)CCN1C1CCNCC1. The molecule has 0 radical (unpaired) electrons. The second-order valence-electron chi connectivity index (χ2n) is 6.88. The number of hydrogen-bond acceptors (Lipinski definition) is 7. The van der Waals surface area contributed by atoms with Crippen molar-refractivity contribution in [2.24, 2.45) is 0 Å². The second-order valence-corrected chi connectivity index (χ2v) is 6.88. The molecule has 1 atom stereocenters. The molecule has 2 saturated heterocycles. The Morgan fingerprint density at radius 3 is 2.76 bits per heavy atom. The van der Waals surface area contributed by atoms with Crippen LogP contribution in [0.1, 0.15) is 42.4 Å². The van der Waals surface area contributed by atoms with Crippen molar-refractivity contribution in [3.05, 3.63) is 17.6 Å². The van der Waals surface area contributed by atoms with Crippen molar-refractivity contribution in [3.8, 4) is 0 Å². The molecule has 0 saturated carbocycles. The van der Waals surface area contributed by atoms with Crippen LogP contribution in [0.15, 0.2) is 6.20 Å². The minimum absolute atomic E-state index is 0.268. The molecule has 0 aromatic carbocycles. The van der Waals surface area contributed by atoms with E-state index in [0.29, 0.717) is 12.1 Å². The van der Waals surface area contributed by atoms with Crippen molar-refractivity contribution in [2.45, 2.75) is 45.2 Å². The summed E-state index contributed by atoms with van der Waals surface area (Å²) >= 11 is 0.